The molecule has 0 saturated carbocycles. The predicted molar refractivity (Wildman–Crippen MR) is 85.0 cm³/mol. The minimum absolute atomic E-state index is 0.0546. The maximum absolute atomic E-state index is 6.28. The summed E-state index contributed by atoms with van der Waals surface area (Å²) in [5.74, 6) is 0.916. The first-order valence-corrected chi connectivity index (χ1v) is 8.37. The molecule has 0 amide bonds. The van der Waals surface area contributed by atoms with Crippen LogP contribution in [0.25, 0.3) is 0 Å². The van der Waals surface area contributed by atoms with E-state index in [1.165, 1.54) is 0 Å². The molecule has 106 valence electrons. The number of para-hydroxylation sites is 1. The van der Waals surface area contributed by atoms with E-state index in [0.29, 0.717) is 0 Å². The molecule has 1 aromatic rings. The van der Waals surface area contributed by atoms with Crippen molar-refractivity contribution in [3.05, 3.63) is 28.2 Å². The first-order chi connectivity index (χ1) is 8.75. The Morgan fingerprint density at radius 2 is 2.00 bits per heavy atom. The van der Waals surface area contributed by atoms with Crippen molar-refractivity contribution < 1.29 is 9.47 Å². The number of ether oxygens (including phenoxy) is 2. The second-order valence-electron chi connectivity index (χ2n) is 6.14. The normalized spacial score (nSPS) is 24.4. The van der Waals surface area contributed by atoms with Crippen molar-refractivity contribution in [3.8, 4) is 5.75 Å². The number of hydrogen-bond acceptors (Lipinski definition) is 2. The zero-order valence-corrected chi connectivity index (χ0v) is 15.0. The molecule has 19 heavy (non-hydrogen) atoms. The third-order valence-electron chi connectivity index (χ3n) is 3.44. The monoisotopic (exact) mass is 390 g/mol. The van der Waals surface area contributed by atoms with E-state index in [1.807, 2.05) is 12.1 Å². The molecule has 0 aliphatic carbocycles. The van der Waals surface area contributed by atoms with Crippen LogP contribution in [0.1, 0.15) is 39.7 Å². The number of alkyl halides is 1. The highest BCUT2D eigenvalue weighted by Gasteiger charge is 2.47. The molecule has 0 aromatic heterocycles. The fourth-order valence-corrected chi connectivity index (χ4v) is 3.57. The maximum atomic E-state index is 6.28. The Balaban J connectivity index is 2.27. The van der Waals surface area contributed by atoms with Crippen molar-refractivity contribution in [1.29, 1.82) is 0 Å². The van der Waals surface area contributed by atoms with Gasteiger partial charge in [0.25, 0.3) is 0 Å². The van der Waals surface area contributed by atoms with Crippen molar-refractivity contribution in [2.45, 2.75) is 56.8 Å². The SMILES string of the molecule is CC1(C)CC(Oc2c(Br)cccc2CBr)C(C)(C)O1. The third-order valence-corrected chi connectivity index (χ3v) is 4.67. The summed E-state index contributed by atoms with van der Waals surface area (Å²) >= 11 is 7.09. The summed E-state index contributed by atoms with van der Waals surface area (Å²) in [6.07, 6.45) is 0.947. The molecule has 2 rings (SSSR count). The Bertz CT molecular complexity index is 469. The second kappa shape index (κ2) is 5.38. The van der Waals surface area contributed by atoms with Gasteiger partial charge >= 0.3 is 0 Å². The van der Waals surface area contributed by atoms with Crippen LogP contribution in [0.2, 0.25) is 0 Å². The molecule has 1 aliphatic rings. The van der Waals surface area contributed by atoms with Crippen molar-refractivity contribution in [2.75, 3.05) is 0 Å². The standard InChI is InChI=1S/C15H20Br2O2/c1-14(2)8-12(15(3,4)19-14)18-13-10(9-16)6-5-7-11(13)17/h5-7,12H,8-9H2,1-4H3. The molecule has 1 aromatic carbocycles. The van der Waals surface area contributed by atoms with Gasteiger partial charge in [-0.3, -0.25) is 0 Å². The van der Waals surface area contributed by atoms with Gasteiger partial charge in [0.15, 0.2) is 0 Å². The smallest absolute Gasteiger partial charge is 0.138 e. The van der Waals surface area contributed by atoms with Crippen LogP contribution in [-0.2, 0) is 10.1 Å². The largest absolute Gasteiger partial charge is 0.486 e. The molecule has 0 bridgehead atoms. The van der Waals surface area contributed by atoms with Crippen molar-refractivity contribution >= 4 is 31.9 Å². The highest BCUT2D eigenvalue weighted by molar-refractivity contribution is 9.10. The van der Waals surface area contributed by atoms with Crippen LogP contribution in [0.5, 0.6) is 5.75 Å². The Kier molecular flexibility index (Phi) is 4.34. The van der Waals surface area contributed by atoms with Crippen LogP contribution in [0, 0.1) is 0 Å². The lowest BCUT2D eigenvalue weighted by molar-refractivity contribution is -0.0847. The molecule has 1 aliphatic heterocycles. The first-order valence-electron chi connectivity index (χ1n) is 6.45. The van der Waals surface area contributed by atoms with Crippen LogP contribution in [0.3, 0.4) is 0 Å². The Morgan fingerprint density at radius 3 is 2.53 bits per heavy atom. The van der Waals surface area contributed by atoms with E-state index in [1.54, 1.807) is 0 Å². The summed E-state index contributed by atoms with van der Waals surface area (Å²) in [7, 11) is 0. The zero-order valence-electron chi connectivity index (χ0n) is 11.8. The second-order valence-corrected chi connectivity index (χ2v) is 7.55. The maximum Gasteiger partial charge on any atom is 0.138 e. The average Bonchev–Trinajstić information content (AvgIpc) is 2.49. The topological polar surface area (TPSA) is 18.5 Å². The van der Waals surface area contributed by atoms with E-state index in [2.05, 4.69) is 65.6 Å². The molecule has 2 nitrogen and oxygen atoms in total. The van der Waals surface area contributed by atoms with Gasteiger partial charge < -0.3 is 9.47 Å². The number of halogens is 2. The van der Waals surface area contributed by atoms with Gasteiger partial charge in [-0.1, -0.05) is 28.1 Å². The van der Waals surface area contributed by atoms with Crippen molar-refractivity contribution in [3.63, 3.8) is 0 Å². The van der Waals surface area contributed by atoms with Crippen molar-refractivity contribution in [1.82, 2.24) is 0 Å². The van der Waals surface area contributed by atoms with E-state index in [4.69, 9.17) is 9.47 Å². The van der Waals surface area contributed by atoms with Gasteiger partial charge in [-0.15, -0.1) is 0 Å². The summed E-state index contributed by atoms with van der Waals surface area (Å²) in [5, 5.41) is 0.777. The molecule has 0 spiro atoms. The highest BCUT2D eigenvalue weighted by Crippen LogP contribution is 2.41. The highest BCUT2D eigenvalue weighted by atomic mass is 79.9. The van der Waals surface area contributed by atoms with Gasteiger partial charge in [0, 0.05) is 17.3 Å². The van der Waals surface area contributed by atoms with E-state index >= 15 is 0 Å². The van der Waals surface area contributed by atoms with E-state index < -0.39 is 0 Å². The molecule has 0 radical (unpaired) electrons. The van der Waals surface area contributed by atoms with Crippen LogP contribution in [-0.4, -0.2) is 17.3 Å². The van der Waals surface area contributed by atoms with Crippen LogP contribution >= 0.6 is 31.9 Å². The number of rotatable bonds is 3. The summed E-state index contributed by atoms with van der Waals surface area (Å²) in [6.45, 7) is 8.42. The van der Waals surface area contributed by atoms with Gasteiger partial charge in [-0.2, -0.15) is 0 Å². The lowest BCUT2D eigenvalue weighted by atomic mass is 9.97. The van der Waals surface area contributed by atoms with Crippen LogP contribution in [0.4, 0.5) is 0 Å². The van der Waals surface area contributed by atoms with E-state index in [0.717, 1.165) is 27.5 Å². The van der Waals surface area contributed by atoms with Gasteiger partial charge in [-0.25, -0.2) is 0 Å². The number of hydrogen-bond donors (Lipinski definition) is 0. The quantitative estimate of drug-likeness (QED) is 0.669. The lowest BCUT2D eigenvalue weighted by Gasteiger charge is -2.28. The molecular weight excluding hydrogens is 372 g/mol. The average molecular weight is 392 g/mol. The zero-order chi connectivity index (χ0) is 14.3. The molecule has 1 saturated heterocycles. The molecular formula is C15H20Br2O2. The predicted octanol–water partition coefficient (Wildman–Crippen LogP) is 5.07. The summed E-state index contributed by atoms with van der Waals surface area (Å²) in [4.78, 5) is 0. The molecule has 1 fully saturated rings. The van der Waals surface area contributed by atoms with Crippen molar-refractivity contribution in [2.24, 2.45) is 0 Å². The minimum Gasteiger partial charge on any atom is -0.486 e. The van der Waals surface area contributed by atoms with Crippen LogP contribution < -0.4 is 4.74 Å². The van der Waals surface area contributed by atoms with Gasteiger partial charge in [0.2, 0.25) is 0 Å². The first kappa shape index (κ1) is 15.3. The molecule has 4 heteroatoms. The summed E-state index contributed by atoms with van der Waals surface area (Å²) in [6, 6.07) is 6.10. The fraction of sp³-hybridized carbons (Fsp3) is 0.600. The summed E-state index contributed by atoms with van der Waals surface area (Å²) < 4.78 is 13.4. The Morgan fingerprint density at radius 1 is 1.32 bits per heavy atom. The lowest BCUT2D eigenvalue weighted by Crippen LogP contribution is -2.37. The summed E-state index contributed by atoms with van der Waals surface area (Å²) in [5.41, 5.74) is 0.738. The molecule has 1 heterocycles. The molecule has 1 atom stereocenters. The molecule has 0 N–H and O–H groups in total. The van der Waals surface area contributed by atoms with E-state index in [-0.39, 0.29) is 17.3 Å². The fourth-order valence-electron chi connectivity index (χ4n) is 2.63. The van der Waals surface area contributed by atoms with E-state index in [9.17, 15) is 0 Å². The third kappa shape index (κ3) is 3.34. The van der Waals surface area contributed by atoms with Gasteiger partial charge in [-0.05, 0) is 49.7 Å². The molecule has 1 unspecified atom stereocenters. The Hall–Kier alpha value is -0.0600. The van der Waals surface area contributed by atoms with Crippen LogP contribution in [0.15, 0.2) is 22.7 Å². The van der Waals surface area contributed by atoms with Gasteiger partial charge in [0.1, 0.15) is 17.5 Å². The van der Waals surface area contributed by atoms with Gasteiger partial charge in [0.05, 0.1) is 10.1 Å². The number of benzene rings is 1. The minimum atomic E-state index is -0.275. The Labute approximate surface area is 132 Å².